The average molecular weight is 256 g/mol. The van der Waals surface area contributed by atoms with E-state index >= 15 is 0 Å². The highest BCUT2D eigenvalue weighted by Gasteiger charge is 2.16. The predicted octanol–water partition coefficient (Wildman–Crippen LogP) is 3.85. The normalized spacial score (nSPS) is 11.1. The topological polar surface area (TPSA) is 35.8 Å². The maximum atomic E-state index is 13.3. The molecule has 0 radical (unpaired) electrons. The molecular formula is C13H15F3N2. The van der Waals surface area contributed by atoms with Crippen LogP contribution in [0.2, 0.25) is 0 Å². The average Bonchev–Trinajstić information content (AvgIpc) is 2.34. The molecule has 2 nitrogen and oxygen atoms in total. The van der Waals surface area contributed by atoms with E-state index in [-0.39, 0.29) is 5.69 Å². The number of rotatable bonds is 5. The molecule has 0 aliphatic rings. The summed E-state index contributed by atoms with van der Waals surface area (Å²) in [7, 11) is 0. The molecule has 0 spiro atoms. The molecule has 0 saturated heterocycles. The first kappa shape index (κ1) is 14.4. The van der Waals surface area contributed by atoms with Gasteiger partial charge in [-0.15, -0.1) is 0 Å². The first-order valence-corrected chi connectivity index (χ1v) is 5.66. The SMILES string of the molecule is CC(C)(C#N)CCCNc1ccc(F)c(F)c1F. The second kappa shape index (κ2) is 5.76. The summed E-state index contributed by atoms with van der Waals surface area (Å²) in [5, 5.41) is 11.5. The molecule has 98 valence electrons. The van der Waals surface area contributed by atoms with Gasteiger partial charge >= 0.3 is 0 Å². The second-order valence-corrected chi connectivity index (χ2v) is 4.75. The Bertz CT molecular complexity index is 464. The maximum absolute atomic E-state index is 13.3. The van der Waals surface area contributed by atoms with Crippen LogP contribution in [-0.2, 0) is 0 Å². The zero-order chi connectivity index (χ0) is 13.8. The molecule has 0 bridgehead atoms. The van der Waals surface area contributed by atoms with Crippen molar-refractivity contribution < 1.29 is 13.2 Å². The molecule has 0 atom stereocenters. The van der Waals surface area contributed by atoms with Gasteiger partial charge in [-0.05, 0) is 38.8 Å². The van der Waals surface area contributed by atoms with E-state index in [0.29, 0.717) is 19.4 Å². The summed E-state index contributed by atoms with van der Waals surface area (Å²) in [6.45, 7) is 4.02. The highest BCUT2D eigenvalue weighted by molar-refractivity contribution is 5.45. The molecule has 1 aromatic rings. The van der Waals surface area contributed by atoms with Crippen molar-refractivity contribution in [3.05, 3.63) is 29.6 Å². The number of nitrogens with one attached hydrogen (secondary N) is 1. The minimum Gasteiger partial charge on any atom is -0.383 e. The molecular weight excluding hydrogens is 241 g/mol. The van der Waals surface area contributed by atoms with Crippen molar-refractivity contribution in [2.75, 3.05) is 11.9 Å². The Kier molecular flexibility index (Phi) is 4.60. The van der Waals surface area contributed by atoms with Crippen LogP contribution in [0.5, 0.6) is 0 Å². The second-order valence-electron chi connectivity index (χ2n) is 4.75. The molecule has 0 aromatic heterocycles. The van der Waals surface area contributed by atoms with Crippen LogP contribution < -0.4 is 5.32 Å². The van der Waals surface area contributed by atoms with Gasteiger partial charge in [0, 0.05) is 6.54 Å². The van der Waals surface area contributed by atoms with Gasteiger partial charge in [0.05, 0.1) is 17.2 Å². The molecule has 1 aromatic carbocycles. The Hall–Kier alpha value is -1.70. The van der Waals surface area contributed by atoms with Gasteiger partial charge in [0.25, 0.3) is 0 Å². The van der Waals surface area contributed by atoms with Crippen LogP contribution >= 0.6 is 0 Å². The van der Waals surface area contributed by atoms with Gasteiger partial charge < -0.3 is 5.32 Å². The van der Waals surface area contributed by atoms with E-state index in [1.165, 1.54) is 0 Å². The summed E-state index contributed by atoms with van der Waals surface area (Å²) in [6.07, 6.45) is 1.28. The molecule has 0 unspecified atom stereocenters. The standard InChI is InChI=1S/C13H15F3N2/c1-13(2,8-17)6-3-7-18-10-5-4-9(14)11(15)12(10)16/h4-5,18H,3,6-7H2,1-2H3. The smallest absolute Gasteiger partial charge is 0.196 e. The fourth-order valence-electron chi connectivity index (χ4n) is 1.47. The first-order valence-electron chi connectivity index (χ1n) is 5.66. The third-order valence-corrected chi connectivity index (χ3v) is 2.63. The van der Waals surface area contributed by atoms with Crippen molar-refractivity contribution in [3.63, 3.8) is 0 Å². The van der Waals surface area contributed by atoms with Gasteiger partial charge in [-0.25, -0.2) is 13.2 Å². The lowest BCUT2D eigenvalue weighted by molar-refractivity contribution is 0.438. The fraction of sp³-hybridized carbons (Fsp3) is 0.462. The third-order valence-electron chi connectivity index (χ3n) is 2.63. The molecule has 18 heavy (non-hydrogen) atoms. The van der Waals surface area contributed by atoms with E-state index in [2.05, 4.69) is 11.4 Å². The van der Waals surface area contributed by atoms with Crippen molar-refractivity contribution in [1.29, 1.82) is 5.26 Å². The number of nitrogens with zero attached hydrogens (tertiary/aromatic N) is 1. The van der Waals surface area contributed by atoms with Crippen molar-refractivity contribution in [3.8, 4) is 6.07 Å². The Balaban J connectivity index is 2.51. The minimum atomic E-state index is -1.47. The summed E-state index contributed by atoms with van der Waals surface area (Å²) in [5.74, 6) is -3.89. The van der Waals surface area contributed by atoms with E-state index < -0.39 is 22.9 Å². The van der Waals surface area contributed by atoms with Gasteiger partial charge in [-0.2, -0.15) is 5.26 Å². The van der Waals surface area contributed by atoms with Crippen LogP contribution in [0.3, 0.4) is 0 Å². The van der Waals surface area contributed by atoms with E-state index in [1.54, 1.807) is 0 Å². The van der Waals surface area contributed by atoms with E-state index in [4.69, 9.17) is 5.26 Å². The van der Waals surface area contributed by atoms with Crippen molar-refractivity contribution >= 4 is 5.69 Å². The lowest BCUT2D eigenvalue weighted by atomic mass is 9.90. The summed E-state index contributed by atoms with van der Waals surface area (Å²) < 4.78 is 38.8. The van der Waals surface area contributed by atoms with Gasteiger partial charge in [0.1, 0.15) is 0 Å². The highest BCUT2D eigenvalue weighted by Crippen LogP contribution is 2.22. The van der Waals surface area contributed by atoms with Crippen LogP contribution in [-0.4, -0.2) is 6.54 Å². The Morgan fingerprint density at radius 2 is 1.89 bits per heavy atom. The largest absolute Gasteiger partial charge is 0.383 e. The van der Waals surface area contributed by atoms with Crippen molar-refractivity contribution in [2.24, 2.45) is 5.41 Å². The van der Waals surface area contributed by atoms with E-state index in [9.17, 15) is 13.2 Å². The number of halogens is 3. The molecule has 0 aliphatic carbocycles. The number of anilines is 1. The van der Waals surface area contributed by atoms with Crippen LogP contribution in [0.25, 0.3) is 0 Å². The van der Waals surface area contributed by atoms with Gasteiger partial charge in [-0.1, -0.05) is 0 Å². The summed E-state index contributed by atoms with van der Waals surface area (Å²) >= 11 is 0. The third kappa shape index (κ3) is 3.66. The monoisotopic (exact) mass is 256 g/mol. The molecule has 0 aliphatic heterocycles. The molecule has 0 fully saturated rings. The lowest BCUT2D eigenvalue weighted by Gasteiger charge is -2.15. The summed E-state index contributed by atoms with van der Waals surface area (Å²) in [4.78, 5) is 0. The molecule has 0 heterocycles. The van der Waals surface area contributed by atoms with E-state index in [0.717, 1.165) is 12.1 Å². The van der Waals surface area contributed by atoms with Crippen LogP contribution in [0.15, 0.2) is 12.1 Å². The number of hydrogen-bond acceptors (Lipinski definition) is 2. The Labute approximate surface area is 104 Å². The van der Waals surface area contributed by atoms with Crippen LogP contribution in [0.1, 0.15) is 26.7 Å². The first-order chi connectivity index (χ1) is 8.37. The number of benzene rings is 1. The molecule has 1 N–H and O–H groups in total. The van der Waals surface area contributed by atoms with Crippen molar-refractivity contribution in [1.82, 2.24) is 0 Å². The van der Waals surface area contributed by atoms with Gasteiger partial charge in [0.15, 0.2) is 17.5 Å². The summed E-state index contributed by atoms with van der Waals surface area (Å²) in [6, 6.07) is 4.19. The molecule has 1 rings (SSSR count). The van der Waals surface area contributed by atoms with Gasteiger partial charge in [0.2, 0.25) is 0 Å². The van der Waals surface area contributed by atoms with Crippen molar-refractivity contribution in [2.45, 2.75) is 26.7 Å². The van der Waals surface area contributed by atoms with Crippen LogP contribution in [0.4, 0.5) is 18.9 Å². The molecule has 0 saturated carbocycles. The Morgan fingerprint density at radius 1 is 1.22 bits per heavy atom. The minimum absolute atomic E-state index is 0.0661. The molecule has 0 amide bonds. The quantitative estimate of drug-likeness (QED) is 0.641. The highest BCUT2D eigenvalue weighted by atomic mass is 19.2. The predicted molar refractivity (Wildman–Crippen MR) is 63.4 cm³/mol. The van der Waals surface area contributed by atoms with Gasteiger partial charge in [-0.3, -0.25) is 0 Å². The Morgan fingerprint density at radius 3 is 2.50 bits per heavy atom. The zero-order valence-electron chi connectivity index (χ0n) is 10.4. The van der Waals surface area contributed by atoms with Crippen LogP contribution in [0, 0.1) is 34.2 Å². The zero-order valence-corrected chi connectivity index (χ0v) is 10.4. The summed E-state index contributed by atoms with van der Waals surface area (Å²) in [5.41, 5.74) is -0.502. The fourth-order valence-corrected chi connectivity index (χ4v) is 1.47. The molecule has 5 heteroatoms. The van der Waals surface area contributed by atoms with E-state index in [1.807, 2.05) is 13.8 Å². The lowest BCUT2D eigenvalue weighted by Crippen LogP contribution is -2.12. The number of hydrogen-bond donors (Lipinski definition) is 1. The maximum Gasteiger partial charge on any atom is 0.196 e. The number of nitriles is 1.